The summed E-state index contributed by atoms with van der Waals surface area (Å²) in [5, 5.41) is 3.41. The molecular formula is C20H26N2O. The Morgan fingerprint density at radius 1 is 1.04 bits per heavy atom. The summed E-state index contributed by atoms with van der Waals surface area (Å²) in [6.45, 7) is 9.44. The van der Waals surface area contributed by atoms with Crippen molar-refractivity contribution in [3.8, 4) is 16.9 Å². The highest BCUT2D eigenvalue weighted by atomic mass is 16.5. The number of hydrogen-bond donors (Lipinski definition) is 1. The van der Waals surface area contributed by atoms with Crippen molar-refractivity contribution in [3.05, 3.63) is 54.1 Å². The molecule has 0 amide bonds. The Labute approximate surface area is 139 Å². The summed E-state index contributed by atoms with van der Waals surface area (Å²) in [6.07, 6.45) is 0. The summed E-state index contributed by atoms with van der Waals surface area (Å²) in [5.41, 5.74) is 3.83. The number of benzene rings is 2. The van der Waals surface area contributed by atoms with Crippen LogP contribution in [0.3, 0.4) is 0 Å². The predicted molar refractivity (Wildman–Crippen MR) is 95.9 cm³/mol. The van der Waals surface area contributed by atoms with Gasteiger partial charge in [0.25, 0.3) is 0 Å². The van der Waals surface area contributed by atoms with Crippen molar-refractivity contribution < 1.29 is 4.74 Å². The molecule has 3 rings (SSSR count). The van der Waals surface area contributed by atoms with E-state index in [1.807, 2.05) is 13.0 Å². The van der Waals surface area contributed by atoms with Crippen LogP contribution in [0.15, 0.2) is 48.5 Å². The molecule has 0 aromatic heterocycles. The zero-order chi connectivity index (χ0) is 16.1. The molecule has 1 saturated heterocycles. The lowest BCUT2D eigenvalue weighted by molar-refractivity contribution is 0.185. The number of piperazine rings is 1. The fourth-order valence-corrected chi connectivity index (χ4v) is 3.17. The van der Waals surface area contributed by atoms with Crippen molar-refractivity contribution in [2.24, 2.45) is 0 Å². The fraction of sp³-hybridized carbons (Fsp3) is 0.400. The van der Waals surface area contributed by atoms with Crippen LogP contribution >= 0.6 is 0 Å². The summed E-state index contributed by atoms with van der Waals surface area (Å²) in [7, 11) is 0. The Hall–Kier alpha value is -1.84. The van der Waals surface area contributed by atoms with Crippen molar-refractivity contribution >= 4 is 0 Å². The molecule has 0 aliphatic carbocycles. The molecule has 1 aliphatic rings. The molecule has 1 fully saturated rings. The minimum absolute atomic E-state index is 0.473. The second-order valence-electron chi connectivity index (χ2n) is 6.04. The highest BCUT2D eigenvalue weighted by Gasteiger charge is 2.17. The van der Waals surface area contributed by atoms with Crippen molar-refractivity contribution in [1.82, 2.24) is 10.2 Å². The molecule has 0 saturated carbocycles. The minimum Gasteiger partial charge on any atom is -0.494 e. The average molecular weight is 310 g/mol. The molecule has 1 aliphatic heterocycles. The van der Waals surface area contributed by atoms with Crippen molar-refractivity contribution in [2.45, 2.75) is 19.9 Å². The van der Waals surface area contributed by atoms with E-state index in [4.69, 9.17) is 4.74 Å². The van der Waals surface area contributed by atoms with E-state index < -0.39 is 0 Å². The summed E-state index contributed by atoms with van der Waals surface area (Å²) >= 11 is 0. The van der Waals surface area contributed by atoms with Crippen LogP contribution in [0.2, 0.25) is 0 Å². The van der Waals surface area contributed by atoms with Gasteiger partial charge >= 0.3 is 0 Å². The Morgan fingerprint density at radius 2 is 1.78 bits per heavy atom. The zero-order valence-corrected chi connectivity index (χ0v) is 14.1. The van der Waals surface area contributed by atoms with Gasteiger partial charge in [0, 0.05) is 32.2 Å². The lowest BCUT2D eigenvalue weighted by atomic mass is 10.0. The van der Waals surface area contributed by atoms with Gasteiger partial charge in [-0.25, -0.2) is 0 Å². The second-order valence-corrected chi connectivity index (χ2v) is 6.04. The number of hydrogen-bond acceptors (Lipinski definition) is 3. The van der Waals surface area contributed by atoms with Crippen LogP contribution in [0.4, 0.5) is 0 Å². The minimum atomic E-state index is 0.473. The van der Waals surface area contributed by atoms with Crippen LogP contribution < -0.4 is 10.1 Å². The van der Waals surface area contributed by atoms with Crippen molar-refractivity contribution in [2.75, 3.05) is 32.8 Å². The summed E-state index contributed by atoms with van der Waals surface area (Å²) in [4.78, 5) is 2.54. The average Bonchev–Trinajstić information content (AvgIpc) is 2.62. The van der Waals surface area contributed by atoms with E-state index >= 15 is 0 Å². The number of ether oxygens (including phenoxy) is 1. The normalized spacial score (nSPS) is 17.0. The third-order valence-corrected chi connectivity index (χ3v) is 4.57. The van der Waals surface area contributed by atoms with Gasteiger partial charge in [-0.1, -0.05) is 36.4 Å². The largest absolute Gasteiger partial charge is 0.494 e. The molecule has 23 heavy (non-hydrogen) atoms. The molecule has 0 bridgehead atoms. The monoisotopic (exact) mass is 310 g/mol. The molecule has 1 atom stereocenters. The number of rotatable bonds is 5. The first-order valence-electron chi connectivity index (χ1n) is 8.56. The van der Waals surface area contributed by atoms with E-state index in [0.717, 1.165) is 31.9 Å². The summed E-state index contributed by atoms with van der Waals surface area (Å²) < 4.78 is 5.60. The standard InChI is InChI=1S/C20H26N2O/c1-3-23-20-6-4-5-19(15-20)18-9-7-17(8-10-18)16(2)22-13-11-21-12-14-22/h4-10,15-16,21H,3,11-14H2,1-2H3. The van der Waals surface area contributed by atoms with Crippen LogP contribution in [0.25, 0.3) is 11.1 Å². The van der Waals surface area contributed by atoms with Crippen LogP contribution in [0.5, 0.6) is 5.75 Å². The summed E-state index contributed by atoms with van der Waals surface area (Å²) in [6, 6.07) is 17.7. The topological polar surface area (TPSA) is 24.5 Å². The Kier molecular flexibility index (Phi) is 5.31. The molecule has 0 radical (unpaired) electrons. The molecule has 122 valence electrons. The Bertz CT molecular complexity index is 618. The number of nitrogens with zero attached hydrogens (tertiary/aromatic N) is 1. The molecule has 2 aromatic rings. The first kappa shape index (κ1) is 16.0. The molecule has 3 heteroatoms. The third kappa shape index (κ3) is 3.92. The Morgan fingerprint density at radius 3 is 2.48 bits per heavy atom. The molecule has 3 nitrogen and oxygen atoms in total. The highest BCUT2D eigenvalue weighted by molar-refractivity contribution is 5.65. The molecule has 1 N–H and O–H groups in total. The second kappa shape index (κ2) is 7.62. The van der Waals surface area contributed by atoms with Gasteiger partial charge in [-0.2, -0.15) is 0 Å². The maximum absolute atomic E-state index is 5.60. The maximum Gasteiger partial charge on any atom is 0.119 e. The van der Waals surface area contributed by atoms with Gasteiger partial charge in [0.15, 0.2) is 0 Å². The van der Waals surface area contributed by atoms with E-state index in [-0.39, 0.29) is 0 Å². The van der Waals surface area contributed by atoms with E-state index in [1.165, 1.54) is 16.7 Å². The molecule has 2 aromatic carbocycles. The van der Waals surface area contributed by atoms with Gasteiger partial charge < -0.3 is 10.1 Å². The van der Waals surface area contributed by atoms with Gasteiger partial charge in [-0.15, -0.1) is 0 Å². The zero-order valence-electron chi connectivity index (χ0n) is 14.1. The number of nitrogens with one attached hydrogen (secondary N) is 1. The molecule has 1 unspecified atom stereocenters. The predicted octanol–water partition coefficient (Wildman–Crippen LogP) is 3.72. The van der Waals surface area contributed by atoms with E-state index in [1.54, 1.807) is 0 Å². The SMILES string of the molecule is CCOc1cccc(-c2ccc(C(C)N3CCNCC3)cc2)c1. The van der Waals surface area contributed by atoms with E-state index in [2.05, 4.69) is 59.6 Å². The summed E-state index contributed by atoms with van der Waals surface area (Å²) in [5.74, 6) is 0.934. The van der Waals surface area contributed by atoms with Crippen LogP contribution in [-0.2, 0) is 0 Å². The highest BCUT2D eigenvalue weighted by Crippen LogP contribution is 2.27. The van der Waals surface area contributed by atoms with Crippen molar-refractivity contribution in [3.63, 3.8) is 0 Å². The van der Waals surface area contributed by atoms with Gasteiger partial charge in [0.05, 0.1) is 6.61 Å². The third-order valence-electron chi connectivity index (χ3n) is 4.57. The first-order valence-corrected chi connectivity index (χ1v) is 8.56. The molecular weight excluding hydrogens is 284 g/mol. The van der Waals surface area contributed by atoms with Gasteiger partial charge in [-0.05, 0) is 42.7 Å². The van der Waals surface area contributed by atoms with Crippen LogP contribution in [0, 0.1) is 0 Å². The lowest BCUT2D eigenvalue weighted by Crippen LogP contribution is -2.44. The quantitative estimate of drug-likeness (QED) is 0.911. The van der Waals surface area contributed by atoms with Crippen LogP contribution in [-0.4, -0.2) is 37.7 Å². The van der Waals surface area contributed by atoms with Crippen LogP contribution in [0.1, 0.15) is 25.5 Å². The maximum atomic E-state index is 5.60. The van der Waals surface area contributed by atoms with Gasteiger partial charge in [-0.3, -0.25) is 4.90 Å². The van der Waals surface area contributed by atoms with Gasteiger partial charge in [0.2, 0.25) is 0 Å². The lowest BCUT2D eigenvalue weighted by Gasteiger charge is -2.33. The van der Waals surface area contributed by atoms with Crippen molar-refractivity contribution in [1.29, 1.82) is 0 Å². The van der Waals surface area contributed by atoms with E-state index in [0.29, 0.717) is 12.6 Å². The molecule has 0 spiro atoms. The fourth-order valence-electron chi connectivity index (χ4n) is 3.17. The smallest absolute Gasteiger partial charge is 0.119 e. The Balaban J connectivity index is 1.74. The van der Waals surface area contributed by atoms with E-state index in [9.17, 15) is 0 Å². The molecule has 1 heterocycles. The van der Waals surface area contributed by atoms with Gasteiger partial charge in [0.1, 0.15) is 5.75 Å². The first-order chi connectivity index (χ1) is 11.3.